The van der Waals surface area contributed by atoms with E-state index in [0.29, 0.717) is 11.1 Å². The van der Waals surface area contributed by atoms with Crippen molar-refractivity contribution in [3.63, 3.8) is 0 Å². The Balaban J connectivity index is 2.06. The molecule has 0 aliphatic heterocycles. The molecule has 8 heteroatoms. The van der Waals surface area contributed by atoms with Gasteiger partial charge in [0, 0.05) is 12.1 Å². The van der Waals surface area contributed by atoms with Crippen LogP contribution in [0.4, 0.5) is 0 Å². The van der Waals surface area contributed by atoms with Crippen LogP contribution in [0.25, 0.3) is 0 Å². The first kappa shape index (κ1) is 20.2. The summed E-state index contributed by atoms with van der Waals surface area (Å²) in [6, 6.07) is 8.88. The third-order valence-corrected chi connectivity index (χ3v) is 4.13. The van der Waals surface area contributed by atoms with Crippen molar-refractivity contribution in [1.82, 2.24) is 5.32 Å². The molecule has 7 N–H and O–H groups in total. The Morgan fingerprint density at radius 1 is 0.926 bits per heavy atom. The van der Waals surface area contributed by atoms with Gasteiger partial charge in [-0.05, 0) is 42.2 Å². The van der Waals surface area contributed by atoms with Gasteiger partial charge >= 0.3 is 11.9 Å². The summed E-state index contributed by atoms with van der Waals surface area (Å²) in [5.41, 5.74) is 7.33. The van der Waals surface area contributed by atoms with E-state index in [0.717, 1.165) is 5.56 Å². The second kappa shape index (κ2) is 9.02. The fraction of sp³-hybridized carbons (Fsp3) is 0.263. The molecule has 0 aliphatic rings. The third-order valence-electron chi connectivity index (χ3n) is 4.13. The maximum absolute atomic E-state index is 11.5. The molecule has 0 saturated carbocycles. The number of aliphatic carboxylic acids is 2. The molecule has 0 unspecified atom stereocenters. The minimum absolute atomic E-state index is 0.0241. The minimum atomic E-state index is -1.12. The van der Waals surface area contributed by atoms with Gasteiger partial charge in [-0.1, -0.05) is 24.3 Å². The van der Waals surface area contributed by atoms with Gasteiger partial charge in [0.15, 0.2) is 0 Å². The average molecular weight is 374 g/mol. The number of hydrogen-bond donors (Lipinski definition) is 6. The topological polar surface area (TPSA) is 153 Å². The number of carbonyl (C=O) groups is 2. The lowest BCUT2D eigenvalue weighted by Gasteiger charge is -2.16. The van der Waals surface area contributed by atoms with Crippen LogP contribution in [-0.2, 0) is 29.0 Å². The molecule has 27 heavy (non-hydrogen) atoms. The van der Waals surface area contributed by atoms with E-state index < -0.39 is 24.0 Å². The molecule has 0 aliphatic carbocycles. The molecule has 2 aromatic carbocycles. The maximum Gasteiger partial charge on any atom is 0.321 e. The Kier molecular flexibility index (Phi) is 6.75. The van der Waals surface area contributed by atoms with Crippen LogP contribution >= 0.6 is 0 Å². The number of nitrogens with two attached hydrogens (primary N) is 1. The van der Waals surface area contributed by atoms with E-state index in [-0.39, 0.29) is 30.9 Å². The Morgan fingerprint density at radius 3 is 2.15 bits per heavy atom. The van der Waals surface area contributed by atoms with E-state index in [4.69, 9.17) is 10.8 Å². The second-order valence-electron chi connectivity index (χ2n) is 6.25. The van der Waals surface area contributed by atoms with E-state index in [1.807, 2.05) is 0 Å². The molecule has 0 aromatic heterocycles. The second-order valence-corrected chi connectivity index (χ2v) is 6.25. The minimum Gasteiger partial charge on any atom is -0.508 e. The lowest BCUT2D eigenvalue weighted by molar-refractivity contribution is -0.140. The standard InChI is InChI=1S/C19H22N2O6/c20-15(18(24)25)8-12-3-6-17(23)13(7-12)10-21-16(19(26)27)9-11-1-4-14(22)5-2-11/h1-7,15-16,21-23H,8-10,20H2,(H,24,25)(H,26,27)/t15-,16-/m0/s1. The highest BCUT2D eigenvalue weighted by Crippen LogP contribution is 2.20. The van der Waals surface area contributed by atoms with Gasteiger partial charge in [0.25, 0.3) is 0 Å². The molecular weight excluding hydrogens is 352 g/mol. The molecule has 144 valence electrons. The van der Waals surface area contributed by atoms with Crippen LogP contribution in [0.3, 0.4) is 0 Å². The number of phenols is 2. The van der Waals surface area contributed by atoms with Gasteiger partial charge in [-0.2, -0.15) is 0 Å². The van der Waals surface area contributed by atoms with Crippen LogP contribution < -0.4 is 11.1 Å². The third kappa shape index (κ3) is 5.98. The number of carboxylic acids is 2. The summed E-state index contributed by atoms with van der Waals surface area (Å²) in [5.74, 6) is -2.10. The van der Waals surface area contributed by atoms with Crippen molar-refractivity contribution in [3.8, 4) is 11.5 Å². The van der Waals surface area contributed by atoms with Crippen LogP contribution in [-0.4, -0.2) is 44.4 Å². The summed E-state index contributed by atoms with van der Waals surface area (Å²) < 4.78 is 0. The van der Waals surface area contributed by atoms with E-state index >= 15 is 0 Å². The van der Waals surface area contributed by atoms with Crippen LogP contribution in [0, 0.1) is 0 Å². The molecule has 0 heterocycles. The summed E-state index contributed by atoms with van der Waals surface area (Å²) in [6.45, 7) is 0.0804. The largest absolute Gasteiger partial charge is 0.508 e. The number of phenolic OH excluding ortho intramolecular Hbond substituents is 2. The van der Waals surface area contributed by atoms with Crippen LogP contribution in [0.15, 0.2) is 42.5 Å². The summed E-state index contributed by atoms with van der Waals surface area (Å²) in [5, 5.41) is 40.5. The van der Waals surface area contributed by atoms with E-state index in [1.165, 1.54) is 18.2 Å². The summed E-state index contributed by atoms with van der Waals surface area (Å²) in [6.07, 6.45) is 0.290. The number of rotatable bonds is 9. The summed E-state index contributed by atoms with van der Waals surface area (Å²) in [7, 11) is 0. The number of benzene rings is 2. The van der Waals surface area contributed by atoms with Crippen molar-refractivity contribution in [3.05, 3.63) is 59.2 Å². The van der Waals surface area contributed by atoms with Crippen molar-refractivity contribution in [2.75, 3.05) is 0 Å². The molecule has 8 nitrogen and oxygen atoms in total. The molecule has 0 saturated heterocycles. The van der Waals surface area contributed by atoms with Gasteiger partial charge in [0.1, 0.15) is 23.6 Å². The van der Waals surface area contributed by atoms with Gasteiger partial charge in [0.05, 0.1) is 0 Å². The normalized spacial score (nSPS) is 13.1. The van der Waals surface area contributed by atoms with Crippen molar-refractivity contribution in [2.24, 2.45) is 5.73 Å². The molecule has 2 aromatic rings. The quantitative estimate of drug-likeness (QED) is 0.377. The molecule has 0 radical (unpaired) electrons. The zero-order valence-corrected chi connectivity index (χ0v) is 14.5. The van der Waals surface area contributed by atoms with E-state index in [9.17, 15) is 24.9 Å². The maximum atomic E-state index is 11.5. The fourth-order valence-corrected chi connectivity index (χ4v) is 2.60. The van der Waals surface area contributed by atoms with E-state index in [1.54, 1.807) is 24.3 Å². The predicted molar refractivity (Wildman–Crippen MR) is 97.5 cm³/mol. The first-order valence-electron chi connectivity index (χ1n) is 8.29. The Hall–Kier alpha value is -3.10. The highest BCUT2D eigenvalue weighted by Gasteiger charge is 2.19. The van der Waals surface area contributed by atoms with Gasteiger partial charge < -0.3 is 26.2 Å². The highest BCUT2D eigenvalue weighted by atomic mass is 16.4. The number of aromatic hydroxyl groups is 2. The fourth-order valence-electron chi connectivity index (χ4n) is 2.60. The molecule has 2 atom stereocenters. The van der Waals surface area contributed by atoms with Crippen molar-refractivity contribution in [1.29, 1.82) is 0 Å². The molecule has 0 fully saturated rings. The number of nitrogens with one attached hydrogen (secondary N) is 1. The average Bonchev–Trinajstić information content (AvgIpc) is 2.62. The lowest BCUT2D eigenvalue weighted by Crippen LogP contribution is -2.38. The van der Waals surface area contributed by atoms with Gasteiger partial charge in [-0.3, -0.25) is 14.9 Å². The van der Waals surface area contributed by atoms with Gasteiger partial charge in [-0.25, -0.2) is 0 Å². The first-order chi connectivity index (χ1) is 12.8. The lowest BCUT2D eigenvalue weighted by atomic mass is 10.0. The van der Waals surface area contributed by atoms with Crippen LogP contribution in [0.1, 0.15) is 16.7 Å². The number of hydrogen-bond acceptors (Lipinski definition) is 6. The smallest absolute Gasteiger partial charge is 0.321 e. The first-order valence-corrected chi connectivity index (χ1v) is 8.29. The summed E-state index contributed by atoms with van der Waals surface area (Å²) >= 11 is 0. The highest BCUT2D eigenvalue weighted by molar-refractivity contribution is 5.74. The SMILES string of the molecule is N[C@@H](Cc1ccc(O)c(CN[C@@H](Cc2ccc(O)cc2)C(=O)O)c1)C(=O)O. The Labute approximate surface area is 155 Å². The molecule has 0 amide bonds. The Bertz CT molecular complexity index is 806. The molecule has 0 spiro atoms. The summed E-state index contributed by atoms with van der Waals surface area (Å²) in [4.78, 5) is 22.4. The molecular formula is C19H22N2O6. The van der Waals surface area contributed by atoms with Crippen LogP contribution in [0.2, 0.25) is 0 Å². The zero-order valence-electron chi connectivity index (χ0n) is 14.5. The van der Waals surface area contributed by atoms with Crippen molar-refractivity contribution < 1.29 is 30.0 Å². The van der Waals surface area contributed by atoms with Crippen LogP contribution in [0.5, 0.6) is 11.5 Å². The monoisotopic (exact) mass is 374 g/mol. The van der Waals surface area contributed by atoms with E-state index in [2.05, 4.69) is 5.32 Å². The van der Waals surface area contributed by atoms with Gasteiger partial charge in [-0.15, -0.1) is 0 Å². The van der Waals surface area contributed by atoms with Crippen molar-refractivity contribution in [2.45, 2.75) is 31.5 Å². The Morgan fingerprint density at radius 2 is 1.56 bits per heavy atom. The zero-order chi connectivity index (χ0) is 20.0. The van der Waals surface area contributed by atoms with Gasteiger partial charge in [0.2, 0.25) is 0 Å². The van der Waals surface area contributed by atoms with Crippen molar-refractivity contribution >= 4 is 11.9 Å². The molecule has 0 bridgehead atoms. The predicted octanol–water partition coefficient (Wildman–Crippen LogP) is 0.838. The molecule has 2 rings (SSSR count). The number of carboxylic acid groups (broad SMARTS) is 2.